The number of rotatable bonds is 28. The summed E-state index contributed by atoms with van der Waals surface area (Å²) < 4.78 is 35.4. The first-order valence-corrected chi connectivity index (χ1v) is 18.0. The van der Waals surface area contributed by atoms with E-state index in [2.05, 4.69) is 21.0 Å². The standard InChI is InChI=1S/C31H64NO6P/c1-5-7-8-9-10-11-12-13-14-15-16-17-18-19-20-21-26-35-28-31(24-22-27-36-31)29-37-39(33,34)38-30(6-2)23-25-32(3)4/h30H,5-29H2,1-4H3,(H,33,34)/p+1. The maximum atomic E-state index is 12.6. The molecular formula is C31H65NO6P+. The van der Waals surface area contributed by atoms with Gasteiger partial charge >= 0.3 is 7.82 Å². The fraction of sp³-hybridized carbons (Fsp3) is 1.00. The van der Waals surface area contributed by atoms with Gasteiger partial charge in [-0.15, -0.1) is 0 Å². The van der Waals surface area contributed by atoms with E-state index in [-0.39, 0.29) is 12.7 Å². The Morgan fingerprint density at radius 3 is 1.85 bits per heavy atom. The second-order valence-corrected chi connectivity index (χ2v) is 13.5. The Balaban J connectivity index is 2.06. The van der Waals surface area contributed by atoms with Crippen molar-refractivity contribution >= 4 is 7.82 Å². The first kappa shape index (κ1) is 37.0. The second kappa shape index (κ2) is 23.5. The predicted octanol–water partition coefficient (Wildman–Crippen LogP) is 7.26. The van der Waals surface area contributed by atoms with Crippen LogP contribution in [0.5, 0.6) is 0 Å². The lowest BCUT2D eigenvalue weighted by Crippen LogP contribution is -3.05. The van der Waals surface area contributed by atoms with Crippen LogP contribution in [0.2, 0.25) is 0 Å². The van der Waals surface area contributed by atoms with Crippen LogP contribution in [-0.4, -0.2) is 63.7 Å². The fourth-order valence-corrected chi connectivity index (χ4v) is 6.32. The van der Waals surface area contributed by atoms with Crippen LogP contribution >= 0.6 is 7.82 Å². The van der Waals surface area contributed by atoms with Crippen molar-refractivity contribution in [1.29, 1.82) is 0 Å². The molecule has 8 heteroatoms. The maximum Gasteiger partial charge on any atom is 0.472 e. The monoisotopic (exact) mass is 578 g/mol. The summed E-state index contributed by atoms with van der Waals surface area (Å²) in [6.07, 6.45) is 24.4. The van der Waals surface area contributed by atoms with E-state index in [4.69, 9.17) is 18.5 Å². The van der Waals surface area contributed by atoms with Crippen molar-refractivity contribution in [1.82, 2.24) is 0 Å². The minimum Gasteiger partial charge on any atom is -0.378 e. The Morgan fingerprint density at radius 1 is 0.846 bits per heavy atom. The van der Waals surface area contributed by atoms with Crippen LogP contribution in [0.25, 0.3) is 0 Å². The van der Waals surface area contributed by atoms with Gasteiger partial charge in [-0.05, 0) is 25.7 Å². The van der Waals surface area contributed by atoms with Gasteiger partial charge in [0, 0.05) is 19.6 Å². The maximum absolute atomic E-state index is 12.6. The topological polar surface area (TPSA) is 78.7 Å². The molecule has 234 valence electrons. The highest BCUT2D eigenvalue weighted by Crippen LogP contribution is 2.47. The van der Waals surface area contributed by atoms with Gasteiger partial charge in [-0.3, -0.25) is 9.05 Å². The molecule has 1 rings (SSSR count). The van der Waals surface area contributed by atoms with Gasteiger partial charge in [-0.1, -0.05) is 110 Å². The van der Waals surface area contributed by atoms with Crippen LogP contribution in [0.3, 0.4) is 0 Å². The zero-order valence-electron chi connectivity index (χ0n) is 26.2. The molecule has 1 saturated heterocycles. The van der Waals surface area contributed by atoms with E-state index < -0.39 is 13.4 Å². The molecule has 3 unspecified atom stereocenters. The summed E-state index contributed by atoms with van der Waals surface area (Å²) in [5.41, 5.74) is -0.647. The molecule has 2 N–H and O–H groups in total. The predicted molar refractivity (Wildman–Crippen MR) is 162 cm³/mol. The second-order valence-electron chi connectivity index (χ2n) is 12.1. The van der Waals surface area contributed by atoms with Crippen molar-refractivity contribution in [2.45, 2.75) is 154 Å². The summed E-state index contributed by atoms with van der Waals surface area (Å²) in [4.78, 5) is 11.6. The van der Waals surface area contributed by atoms with Gasteiger partial charge in [0.05, 0.1) is 40.0 Å². The van der Waals surface area contributed by atoms with E-state index in [1.807, 2.05) is 6.92 Å². The number of unbranched alkanes of at least 4 members (excludes halogenated alkanes) is 15. The van der Waals surface area contributed by atoms with Crippen LogP contribution in [-0.2, 0) is 23.1 Å². The largest absolute Gasteiger partial charge is 0.472 e. The molecule has 0 radical (unpaired) electrons. The van der Waals surface area contributed by atoms with Crippen molar-refractivity contribution in [3.05, 3.63) is 0 Å². The highest BCUT2D eigenvalue weighted by atomic mass is 31.2. The Morgan fingerprint density at radius 2 is 1.38 bits per heavy atom. The third-order valence-corrected chi connectivity index (χ3v) is 8.91. The van der Waals surface area contributed by atoms with Gasteiger partial charge in [0.25, 0.3) is 0 Å². The molecule has 1 heterocycles. The smallest absolute Gasteiger partial charge is 0.378 e. The zero-order valence-corrected chi connectivity index (χ0v) is 27.1. The van der Waals surface area contributed by atoms with E-state index in [9.17, 15) is 9.46 Å². The summed E-state index contributed by atoms with van der Waals surface area (Å²) in [5, 5.41) is 0. The van der Waals surface area contributed by atoms with Crippen molar-refractivity contribution in [3.8, 4) is 0 Å². The van der Waals surface area contributed by atoms with Crippen molar-refractivity contribution in [3.63, 3.8) is 0 Å². The molecule has 1 aliphatic rings. The molecule has 0 aromatic carbocycles. The Labute approximate surface area is 241 Å². The van der Waals surface area contributed by atoms with Crippen LogP contribution in [0.1, 0.15) is 142 Å². The van der Waals surface area contributed by atoms with Crippen LogP contribution < -0.4 is 4.90 Å². The van der Waals surface area contributed by atoms with Gasteiger partial charge in [-0.2, -0.15) is 0 Å². The van der Waals surface area contributed by atoms with Gasteiger partial charge in [0.2, 0.25) is 0 Å². The summed E-state index contributed by atoms with van der Waals surface area (Å²) in [5.74, 6) is 0. The Hall–Kier alpha value is -0.0100. The van der Waals surface area contributed by atoms with E-state index in [1.165, 1.54) is 101 Å². The number of hydrogen-bond acceptors (Lipinski definition) is 5. The minimum atomic E-state index is -4.14. The summed E-state index contributed by atoms with van der Waals surface area (Å²) in [6.45, 7) is 6.86. The summed E-state index contributed by atoms with van der Waals surface area (Å²) in [6, 6.07) is 0. The zero-order chi connectivity index (χ0) is 28.7. The molecular weight excluding hydrogens is 513 g/mol. The number of ether oxygens (including phenoxy) is 2. The lowest BCUT2D eigenvalue weighted by Gasteiger charge is -2.29. The fourth-order valence-electron chi connectivity index (χ4n) is 5.23. The molecule has 0 aliphatic carbocycles. The van der Waals surface area contributed by atoms with Gasteiger partial charge in [-0.25, -0.2) is 4.57 Å². The molecule has 39 heavy (non-hydrogen) atoms. The first-order chi connectivity index (χ1) is 18.8. The van der Waals surface area contributed by atoms with Gasteiger partial charge in [0.1, 0.15) is 5.60 Å². The summed E-state index contributed by atoms with van der Waals surface area (Å²) >= 11 is 0. The third-order valence-electron chi connectivity index (χ3n) is 7.89. The first-order valence-electron chi connectivity index (χ1n) is 16.5. The molecule has 1 aliphatic heterocycles. The molecule has 0 bridgehead atoms. The lowest BCUT2D eigenvalue weighted by molar-refractivity contribution is -0.858. The molecule has 7 nitrogen and oxygen atoms in total. The molecule has 0 spiro atoms. The van der Waals surface area contributed by atoms with Crippen LogP contribution in [0.15, 0.2) is 0 Å². The molecule has 0 amide bonds. The molecule has 0 saturated carbocycles. The Kier molecular flexibility index (Phi) is 22.3. The third kappa shape index (κ3) is 20.5. The Bertz CT molecular complexity index is 600. The van der Waals surface area contributed by atoms with Crippen molar-refractivity contribution < 1.29 is 32.9 Å². The average Bonchev–Trinajstić information content (AvgIpc) is 3.38. The number of nitrogens with one attached hydrogen (secondary N) is 1. The highest BCUT2D eigenvalue weighted by Gasteiger charge is 2.39. The average molecular weight is 579 g/mol. The molecule has 1 fully saturated rings. The molecule has 0 aromatic heterocycles. The van der Waals surface area contributed by atoms with Crippen molar-refractivity contribution in [2.24, 2.45) is 0 Å². The molecule has 3 atom stereocenters. The van der Waals surface area contributed by atoms with Crippen molar-refractivity contribution in [2.75, 3.05) is 47.1 Å². The number of phosphoric acid groups is 1. The van der Waals surface area contributed by atoms with Crippen LogP contribution in [0, 0.1) is 0 Å². The van der Waals surface area contributed by atoms with Gasteiger partial charge in [0.15, 0.2) is 0 Å². The number of hydrogen-bond donors (Lipinski definition) is 2. The van der Waals surface area contributed by atoms with Crippen LogP contribution in [0.4, 0.5) is 0 Å². The van der Waals surface area contributed by atoms with Gasteiger partial charge < -0.3 is 19.3 Å². The quantitative estimate of drug-likeness (QED) is 0.0752. The van der Waals surface area contributed by atoms with E-state index >= 15 is 0 Å². The SMILES string of the molecule is CCCCCCCCCCCCCCCCCCOCC1(COP(=O)(O)OC(CC)CC[NH+](C)C)CCCO1. The minimum absolute atomic E-state index is 0.0229. The van der Waals surface area contributed by atoms with E-state index in [0.717, 1.165) is 32.2 Å². The summed E-state index contributed by atoms with van der Waals surface area (Å²) in [7, 11) is -0.0265. The van der Waals surface area contributed by atoms with E-state index in [0.29, 0.717) is 26.2 Å². The normalized spacial score (nSPS) is 20.1. The van der Waals surface area contributed by atoms with E-state index in [1.54, 1.807) is 0 Å². The number of quaternary nitrogens is 1. The number of phosphoric ester groups is 1. The highest BCUT2D eigenvalue weighted by molar-refractivity contribution is 7.47. The lowest BCUT2D eigenvalue weighted by atomic mass is 10.0. The molecule has 0 aromatic rings.